The molecular formula is C16H16O2. The summed E-state index contributed by atoms with van der Waals surface area (Å²) in [6.45, 7) is 5.03. The molecule has 0 atom stereocenters. The van der Waals surface area contributed by atoms with Gasteiger partial charge in [-0.2, -0.15) is 0 Å². The summed E-state index contributed by atoms with van der Waals surface area (Å²) in [7, 11) is 0. The zero-order valence-corrected chi connectivity index (χ0v) is 10.6. The Hall–Kier alpha value is -1.96. The predicted molar refractivity (Wildman–Crippen MR) is 74.1 cm³/mol. The van der Waals surface area contributed by atoms with Crippen LogP contribution in [0, 0.1) is 5.92 Å². The van der Waals surface area contributed by atoms with Crippen LogP contribution >= 0.6 is 0 Å². The molecule has 18 heavy (non-hydrogen) atoms. The van der Waals surface area contributed by atoms with E-state index >= 15 is 0 Å². The van der Waals surface area contributed by atoms with Crippen molar-refractivity contribution >= 4 is 21.9 Å². The lowest BCUT2D eigenvalue weighted by Crippen LogP contribution is -2.04. The molecule has 0 spiro atoms. The van der Waals surface area contributed by atoms with E-state index in [1.807, 2.05) is 30.3 Å². The van der Waals surface area contributed by atoms with Crippen molar-refractivity contribution in [1.29, 1.82) is 0 Å². The normalized spacial score (nSPS) is 11.5. The van der Waals surface area contributed by atoms with Gasteiger partial charge in [0, 0.05) is 10.8 Å². The van der Waals surface area contributed by atoms with Crippen molar-refractivity contribution in [3.63, 3.8) is 0 Å². The fourth-order valence-electron chi connectivity index (χ4n) is 2.06. The average molecular weight is 240 g/mol. The second-order valence-corrected chi connectivity index (χ2v) is 4.96. The van der Waals surface area contributed by atoms with Crippen LogP contribution in [-0.4, -0.2) is 6.61 Å². The Labute approximate surface area is 106 Å². The largest absolute Gasteiger partial charge is 0.493 e. The first-order valence-electron chi connectivity index (χ1n) is 6.28. The number of benzene rings is 2. The molecule has 0 bridgehead atoms. The van der Waals surface area contributed by atoms with Gasteiger partial charge in [0.1, 0.15) is 16.9 Å². The number of fused-ring (bicyclic) bond motifs is 3. The number of hydrogen-bond acceptors (Lipinski definition) is 2. The van der Waals surface area contributed by atoms with Crippen molar-refractivity contribution in [3.05, 3.63) is 42.5 Å². The van der Waals surface area contributed by atoms with Gasteiger partial charge in [0.25, 0.3) is 0 Å². The third-order valence-electron chi connectivity index (χ3n) is 2.93. The Kier molecular flexibility index (Phi) is 2.71. The van der Waals surface area contributed by atoms with Crippen molar-refractivity contribution < 1.29 is 9.15 Å². The molecule has 1 aromatic heterocycles. The van der Waals surface area contributed by atoms with Gasteiger partial charge in [-0.25, -0.2) is 0 Å². The molecule has 0 aliphatic rings. The molecule has 92 valence electrons. The van der Waals surface area contributed by atoms with Crippen molar-refractivity contribution in [1.82, 2.24) is 0 Å². The van der Waals surface area contributed by atoms with Crippen molar-refractivity contribution in [3.8, 4) is 5.75 Å². The third kappa shape index (κ3) is 1.94. The fraction of sp³-hybridized carbons (Fsp3) is 0.250. The first-order chi connectivity index (χ1) is 8.74. The minimum Gasteiger partial charge on any atom is -0.493 e. The molecule has 0 radical (unpaired) electrons. The highest BCUT2D eigenvalue weighted by Crippen LogP contribution is 2.31. The molecule has 1 heterocycles. The van der Waals surface area contributed by atoms with Crippen molar-refractivity contribution in [2.24, 2.45) is 5.92 Å². The van der Waals surface area contributed by atoms with Gasteiger partial charge >= 0.3 is 0 Å². The average Bonchev–Trinajstić information content (AvgIpc) is 2.74. The van der Waals surface area contributed by atoms with Crippen LogP contribution in [0.3, 0.4) is 0 Å². The highest BCUT2D eigenvalue weighted by Gasteiger charge is 2.07. The molecule has 2 heteroatoms. The maximum Gasteiger partial charge on any atom is 0.135 e. The summed E-state index contributed by atoms with van der Waals surface area (Å²) < 4.78 is 11.5. The predicted octanol–water partition coefficient (Wildman–Crippen LogP) is 4.62. The van der Waals surface area contributed by atoms with Gasteiger partial charge < -0.3 is 9.15 Å². The molecule has 3 aromatic rings. The molecule has 2 aromatic carbocycles. The van der Waals surface area contributed by atoms with E-state index < -0.39 is 0 Å². The van der Waals surface area contributed by atoms with E-state index in [0.29, 0.717) is 5.92 Å². The van der Waals surface area contributed by atoms with Gasteiger partial charge in [0.2, 0.25) is 0 Å². The maximum atomic E-state index is 5.78. The van der Waals surface area contributed by atoms with Crippen LogP contribution in [0.1, 0.15) is 13.8 Å². The van der Waals surface area contributed by atoms with Crippen LogP contribution in [0.4, 0.5) is 0 Å². The number of rotatable bonds is 3. The van der Waals surface area contributed by atoms with Gasteiger partial charge in [-0.15, -0.1) is 0 Å². The zero-order valence-electron chi connectivity index (χ0n) is 10.6. The Morgan fingerprint density at radius 1 is 1.00 bits per heavy atom. The maximum absolute atomic E-state index is 5.78. The molecule has 0 saturated carbocycles. The SMILES string of the molecule is CC(C)COc1ccc2oc3ccccc3c2c1. The summed E-state index contributed by atoms with van der Waals surface area (Å²) >= 11 is 0. The molecule has 0 fully saturated rings. The smallest absolute Gasteiger partial charge is 0.135 e. The number of para-hydroxylation sites is 1. The second-order valence-electron chi connectivity index (χ2n) is 4.96. The summed E-state index contributed by atoms with van der Waals surface area (Å²) in [5.74, 6) is 1.43. The summed E-state index contributed by atoms with van der Waals surface area (Å²) in [4.78, 5) is 0. The van der Waals surface area contributed by atoms with Crippen LogP contribution in [0.15, 0.2) is 46.9 Å². The van der Waals surface area contributed by atoms with E-state index in [1.165, 1.54) is 0 Å². The third-order valence-corrected chi connectivity index (χ3v) is 2.93. The molecule has 2 nitrogen and oxygen atoms in total. The first kappa shape index (κ1) is 11.1. The Bertz CT molecular complexity index is 680. The topological polar surface area (TPSA) is 22.4 Å². The highest BCUT2D eigenvalue weighted by atomic mass is 16.5. The lowest BCUT2D eigenvalue weighted by Gasteiger charge is -2.08. The fourth-order valence-corrected chi connectivity index (χ4v) is 2.06. The van der Waals surface area contributed by atoms with E-state index in [4.69, 9.17) is 9.15 Å². The molecule has 0 unspecified atom stereocenters. The summed E-state index contributed by atoms with van der Waals surface area (Å²) in [6, 6.07) is 14.1. The van der Waals surface area contributed by atoms with E-state index in [9.17, 15) is 0 Å². The van der Waals surface area contributed by atoms with Gasteiger partial charge in [-0.3, -0.25) is 0 Å². The van der Waals surface area contributed by atoms with Gasteiger partial charge in [0.05, 0.1) is 6.61 Å². The van der Waals surface area contributed by atoms with Crippen LogP contribution in [-0.2, 0) is 0 Å². The molecular weight excluding hydrogens is 224 g/mol. The van der Waals surface area contributed by atoms with E-state index in [0.717, 1.165) is 34.3 Å². The summed E-state index contributed by atoms with van der Waals surface area (Å²) in [5.41, 5.74) is 1.83. The van der Waals surface area contributed by atoms with E-state index in [-0.39, 0.29) is 0 Å². The monoisotopic (exact) mass is 240 g/mol. The Morgan fingerprint density at radius 3 is 2.61 bits per heavy atom. The summed E-state index contributed by atoms with van der Waals surface area (Å²) in [6.07, 6.45) is 0. The van der Waals surface area contributed by atoms with Crippen LogP contribution in [0.5, 0.6) is 5.75 Å². The Balaban J connectivity index is 2.07. The van der Waals surface area contributed by atoms with Gasteiger partial charge in [-0.05, 0) is 30.2 Å². The van der Waals surface area contributed by atoms with Crippen LogP contribution in [0.2, 0.25) is 0 Å². The molecule has 0 aliphatic carbocycles. The minimum absolute atomic E-state index is 0.529. The summed E-state index contributed by atoms with van der Waals surface area (Å²) in [5, 5.41) is 2.26. The lowest BCUT2D eigenvalue weighted by atomic mass is 10.1. The standard InChI is InChI=1S/C16H16O2/c1-11(2)10-17-12-7-8-16-14(9-12)13-5-3-4-6-15(13)18-16/h3-9,11H,10H2,1-2H3. The zero-order chi connectivity index (χ0) is 12.5. The van der Waals surface area contributed by atoms with Gasteiger partial charge in [0.15, 0.2) is 0 Å². The molecule has 0 saturated heterocycles. The molecule has 0 aliphatic heterocycles. The van der Waals surface area contributed by atoms with Crippen LogP contribution < -0.4 is 4.74 Å². The van der Waals surface area contributed by atoms with Gasteiger partial charge in [-0.1, -0.05) is 32.0 Å². The minimum atomic E-state index is 0.529. The van der Waals surface area contributed by atoms with Crippen molar-refractivity contribution in [2.75, 3.05) is 6.61 Å². The van der Waals surface area contributed by atoms with E-state index in [1.54, 1.807) is 0 Å². The number of furan rings is 1. The highest BCUT2D eigenvalue weighted by molar-refractivity contribution is 6.05. The number of hydrogen-bond donors (Lipinski definition) is 0. The Morgan fingerprint density at radius 2 is 1.78 bits per heavy atom. The second kappa shape index (κ2) is 4.37. The van der Waals surface area contributed by atoms with Crippen LogP contribution in [0.25, 0.3) is 21.9 Å². The molecule has 0 amide bonds. The lowest BCUT2D eigenvalue weighted by molar-refractivity contribution is 0.271. The molecule has 0 N–H and O–H groups in total. The first-order valence-corrected chi connectivity index (χ1v) is 6.28. The van der Waals surface area contributed by atoms with E-state index in [2.05, 4.69) is 26.0 Å². The van der Waals surface area contributed by atoms with Crippen molar-refractivity contribution in [2.45, 2.75) is 13.8 Å². The number of ether oxygens (including phenoxy) is 1. The molecule has 3 rings (SSSR count). The quantitative estimate of drug-likeness (QED) is 0.666.